The van der Waals surface area contributed by atoms with Crippen LogP contribution < -0.4 is 4.74 Å². The number of para-hydroxylation sites is 1. The zero-order chi connectivity index (χ0) is 31.6. The van der Waals surface area contributed by atoms with Gasteiger partial charge in [0, 0.05) is 19.5 Å². The molecule has 0 unspecified atom stereocenters. The second-order valence-electron chi connectivity index (χ2n) is 10.6. The molecule has 0 saturated heterocycles. The van der Waals surface area contributed by atoms with E-state index in [9.17, 15) is 14.7 Å². The molecule has 0 radical (unpaired) electrons. The average Bonchev–Trinajstić information content (AvgIpc) is 3.06. The van der Waals surface area contributed by atoms with Gasteiger partial charge in [0.1, 0.15) is 12.4 Å². The smallest absolute Gasteiger partial charge is 0.335 e. The van der Waals surface area contributed by atoms with Crippen molar-refractivity contribution in [1.29, 1.82) is 0 Å². The fraction of sp³-hybridized carbons (Fsp3) is 0.316. The molecule has 0 bridgehead atoms. The topological polar surface area (TPSA) is 87.1 Å². The molecule has 0 aromatic heterocycles. The van der Waals surface area contributed by atoms with Crippen molar-refractivity contribution in [1.82, 2.24) is 4.90 Å². The summed E-state index contributed by atoms with van der Waals surface area (Å²) in [6.45, 7) is 6.68. The van der Waals surface area contributed by atoms with Gasteiger partial charge in [-0.05, 0) is 84.7 Å². The maximum Gasteiger partial charge on any atom is 0.335 e. The van der Waals surface area contributed by atoms with E-state index in [-0.39, 0.29) is 12.0 Å². The van der Waals surface area contributed by atoms with Crippen molar-refractivity contribution < 1.29 is 24.5 Å². The third-order valence-corrected chi connectivity index (χ3v) is 7.35. The first-order valence-electron chi connectivity index (χ1n) is 15.5. The number of aryl methyl sites for hydroxylation is 2. The Labute approximate surface area is 262 Å². The highest BCUT2D eigenvalue weighted by atomic mass is 16.5. The Morgan fingerprint density at radius 1 is 0.636 bits per heavy atom. The molecular formula is C38H45NO5. The van der Waals surface area contributed by atoms with Crippen LogP contribution in [0.4, 0.5) is 0 Å². The van der Waals surface area contributed by atoms with Gasteiger partial charge in [0.15, 0.2) is 0 Å². The number of carboxylic acid groups (broad SMARTS) is 2. The number of ether oxygens (including phenoxy) is 1. The Morgan fingerprint density at radius 3 is 1.89 bits per heavy atom. The highest BCUT2D eigenvalue weighted by Gasteiger charge is 2.11. The van der Waals surface area contributed by atoms with Crippen molar-refractivity contribution >= 4 is 11.9 Å². The molecule has 0 amide bonds. The molecule has 0 aliphatic heterocycles. The van der Waals surface area contributed by atoms with Crippen LogP contribution in [-0.2, 0) is 37.2 Å². The lowest BCUT2D eigenvalue weighted by Crippen LogP contribution is -2.27. The molecule has 232 valence electrons. The first kappa shape index (κ1) is 34.1. The van der Waals surface area contributed by atoms with E-state index in [2.05, 4.69) is 59.5 Å². The minimum atomic E-state index is -0.942. The lowest BCUT2D eigenvalue weighted by molar-refractivity contribution is -0.137. The second kappa shape index (κ2) is 19.0. The molecule has 0 spiro atoms. The normalized spacial score (nSPS) is 10.6. The van der Waals surface area contributed by atoms with E-state index in [4.69, 9.17) is 9.84 Å². The molecule has 0 saturated carbocycles. The fourth-order valence-electron chi connectivity index (χ4n) is 4.92. The van der Waals surface area contributed by atoms with Crippen LogP contribution in [0.2, 0.25) is 0 Å². The third kappa shape index (κ3) is 12.1. The summed E-state index contributed by atoms with van der Waals surface area (Å²) in [6.07, 6.45) is 4.36. The lowest BCUT2D eigenvalue weighted by atomic mass is 10.0. The molecule has 0 aliphatic rings. The fourth-order valence-corrected chi connectivity index (χ4v) is 4.92. The molecule has 4 aromatic rings. The van der Waals surface area contributed by atoms with Crippen molar-refractivity contribution in [3.8, 4) is 5.75 Å². The van der Waals surface area contributed by atoms with Gasteiger partial charge in [-0.25, -0.2) is 4.79 Å². The van der Waals surface area contributed by atoms with Gasteiger partial charge in [-0.1, -0.05) is 98.8 Å². The van der Waals surface area contributed by atoms with Crippen LogP contribution in [0.3, 0.4) is 0 Å². The summed E-state index contributed by atoms with van der Waals surface area (Å²) in [5.41, 5.74) is 6.18. The largest absolute Gasteiger partial charge is 0.489 e. The first-order chi connectivity index (χ1) is 21.5. The number of hydrogen-bond donors (Lipinski definition) is 2. The Hall–Kier alpha value is -4.42. The average molecular weight is 596 g/mol. The molecule has 44 heavy (non-hydrogen) atoms. The SMILES string of the molecule is CC.O=C(O)CCCCN(CCc1ccccc1OCc1ccc(CCc2ccccc2)cc1)Cc1ccc(C(=O)O)cc1. The van der Waals surface area contributed by atoms with Gasteiger partial charge in [-0.15, -0.1) is 0 Å². The standard InChI is InChI=1S/C36H39NO5.C2H6/c38-35(39)12-6-7-24-37(26-30-19-21-33(22-20-30)36(40)41)25-23-32-10-4-5-11-34(32)42-27-31-17-15-29(16-18-31)14-13-28-8-2-1-3-9-28;1-2/h1-5,8-11,15-22H,6-7,12-14,23-27H2,(H,38,39)(H,40,41);1-2H3. The summed E-state index contributed by atoms with van der Waals surface area (Å²) in [4.78, 5) is 24.5. The summed E-state index contributed by atoms with van der Waals surface area (Å²) in [5, 5.41) is 18.2. The van der Waals surface area contributed by atoms with Crippen molar-refractivity contribution in [2.24, 2.45) is 0 Å². The van der Waals surface area contributed by atoms with E-state index >= 15 is 0 Å². The van der Waals surface area contributed by atoms with Crippen LogP contribution in [0, 0.1) is 0 Å². The molecule has 0 heterocycles. The van der Waals surface area contributed by atoms with Crippen molar-refractivity contribution in [3.63, 3.8) is 0 Å². The van der Waals surface area contributed by atoms with Gasteiger partial charge >= 0.3 is 11.9 Å². The van der Waals surface area contributed by atoms with Gasteiger partial charge in [0.25, 0.3) is 0 Å². The molecule has 0 atom stereocenters. The molecule has 6 nitrogen and oxygen atoms in total. The lowest BCUT2D eigenvalue weighted by Gasteiger charge is -2.23. The first-order valence-corrected chi connectivity index (χ1v) is 15.5. The molecule has 0 aliphatic carbocycles. The predicted molar refractivity (Wildman–Crippen MR) is 176 cm³/mol. The summed E-state index contributed by atoms with van der Waals surface area (Å²) in [6, 6.07) is 34.2. The van der Waals surface area contributed by atoms with Crippen LogP contribution in [0.5, 0.6) is 5.75 Å². The number of rotatable bonds is 17. The zero-order valence-electron chi connectivity index (χ0n) is 26.0. The van der Waals surface area contributed by atoms with Gasteiger partial charge in [-0.2, -0.15) is 0 Å². The highest BCUT2D eigenvalue weighted by Crippen LogP contribution is 2.21. The van der Waals surface area contributed by atoms with Crippen LogP contribution in [0.15, 0.2) is 103 Å². The van der Waals surface area contributed by atoms with Crippen molar-refractivity contribution in [2.45, 2.75) is 65.5 Å². The summed E-state index contributed by atoms with van der Waals surface area (Å²) in [5.74, 6) is -0.858. The Balaban J connectivity index is 0.00000259. The zero-order valence-corrected chi connectivity index (χ0v) is 26.0. The highest BCUT2D eigenvalue weighted by molar-refractivity contribution is 5.87. The van der Waals surface area contributed by atoms with Crippen LogP contribution >= 0.6 is 0 Å². The van der Waals surface area contributed by atoms with Gasteiger partial charge in [0.2, 0.25) is 0 Å². The third-order valence-electron chi connectivity index (χ3n) is 7.35. The van der Waals surface area contributed by atoms with Crippen LogP contribution in [0.1, 0.15) is 71.3 Å². The van der Waals surface area contributed by atoms with E-state index in [1.165, 1.54) is 11.1 Å². The molecule has 6 heteroatoms. The van der Waals surface area contributed by atoms with Crippen molar-refractivity contribution in [3.05, 3.63) is 137 Å². The maximum atomic E-state index is 11.2. The Bertz CT molecular complexity index is 1400. The summed E-state index contributed by atoms with van der Waals surface area (Å²) < 4.78 is 6.26. The van der Waals surface area contributed by atoms with Gasteiger partial charge in [-0.3, -0.25) is 9.69 Å². The van der Waals surface area contributed by atoms with E-state index < -0.39 is 11.9 Å². The predicted octanol–water partition coefficient (Wildman–Crippen LogP) is 8.07. The maximum absolute atomic E-state index is 11.2. The van der Waals surface area contributed by atoms with Gasteiger partial charge in [0.05, 0.1) is 5.56 Å². The Kier molecular flexibility index (Phi) is 14.7. The number of aromatic carboxylic acids is 1. The van der Waals surface area contributed by atoms with Crippen molar-refractivity contribution in [2.75, 3.05) is 13.1 Å². The number of carbonyl (C=O) groups is 2. The quantitative estimate of drug-likeness (QED) is 0.120. The summed E-state index contributed by atoms with van der Waals surface area (Å²) >= 11 is 0. The number of hydrogen-bond acceptors (Lipinski definition) is 4. The Morgan fingerprint density at radius 2 is 1.23 bits per heavy atom. The minimum absolute atomic E-state index is 0.159. The molecule has 2 N–H and O–H groups in total. The summed E-state index contributed by atoms with van der Waals surface area (Å²) in [7, 11) is 0. The number of aliphatic carboxylic acids is 1. The van der Waals surface area contributed by atoms with E-state index in [0.717, 1.165) is 61.2 Å². The number of benzene rings is 4. The van der Waals surface area contributed by atoms with E-state index in [1.807, 2.05) is 50.2 Å². The molecule has 4 aromatic carbocycles. The van der Waals surface area contributed by atoms with E-state index in [0.29, 0.717) is 19.6 Å². The molecule has 0 fully saturated rings. The monoisotopic (exact) mass is 595 g/mol. The number of carboxylic acids is 2. The molecule has 4 rings (SSSR count). The minimum Gasteiger partial charge on any atom is -0.489 e. The molecular weight excluding hydrogens is 550 g/mol. The second-order valence-corrected chi connectivity index (χ2v) is 10.6. The van der Waals surface area contributed by atoms with E-state index in [1.54, 1.807) is 12.1 Å². The number of nitrogens with zero attached hydrogens (tertiary/aromatic N) is 1. The van der Waals surface area contributed by atoms with Crippen LogP contribution in [0.25, 0.3) is 0 Å². The number of unbranched alkanes of at least 4 members (excludes halogenated alkanes) is 1. The van der Waals surface area contributed by atoms with Gasteiger partial charge < -0.3 is 14.9 Å². The van der Waals surface area contributed by atoms with Crippen LogP contribution in [-0.4, -0.2) is 40.1 Å².